The lowest BCUT2D eigenvalue weighted by Crippen LogP contribution is -2.52. The lowest BCUT2D eigenvalue weighted by molar-refractivity contribution is -0.136. The molecule has 1 fully saturated rings. The summed E-state index contributed by atoms with van der Waals surface area (Å²) < 4.78 is 10.8. The molecule has 0 radical (unpaired) electrons. The summed E-state index contributed by atoms with van der Waals surface area (Å²) in [5.41, 5.74) is -0.554. The Balaban J connectivity index is 2.71. The third-order valence-corrected chi connectivity index (χ3v) is 2.45. The first-order valence-electron chi connectivity index (χ1n) is 6.33. The third-order valence-electron chi connectivity index (χ3n) is 2.45. The number of hydrogen-bond donors (Lipinski definition) is 0. The second-order valence-corrected chi connectivity index (χ2v) is 5.56. The van der Waals surface area contributed by atoms with Crippen molar-refractivity contribution in [1.29, 1.82) is 0 Å². The van der Waals surface area contributed by atoms with Crippen molar-refractivity contribution in [3.8, 4) is 11.8 Å². The van der Waals surface area contributed by atoms with E-state index in [1.54, 1.807) is 27.7 Å². The Labute approximate surface area is 114 Å². The average molecular weight is 267 g/mol. The molecule has 19 heavy (non-hydrogen) atoms. The van der Waals surface area contributed by atoms with E-state index in [1.165, 1.54) is 4.90 Å². The predicted octanol–water partition coefficient (Wildman–Crippen LogP) is 1.60. The van der Waals surface area contributed by atoms with Crippen LogP contribution in [0.4, 0.5) is 4.79 Å². The Morgan fingerprint density at radius 1 is 1.32 bits per heavy atom. The van der Waals surface area contributed by atoms with Crippen molar-refractivity contribution in [1.82, 2.24) is 4.90 Å². The summed E-state index contributed by atoms with van der Waals surface area (Å²) in [5, 5.41) is 0. The van der Waals surface area contributed by atoms with Crippen LogP contribution in [0.25, 0.3) is 0 Å². The fourth-order valence-electron chi connectivity index (χ4n) is 1.78. The van der Waals surface area contributed by atoms with Crippen molar-refractivity contribution in [2.24, 2.45) is 0 Å². The first kappa shape index (κ1) is 15.5. The summed E-state index contributed by atoms with van der Waals surface area (Å²) in [4.78, 5) is 25.2. The second kappa shape index (κ2) is 6.07. The Morgan fingerprint density at radius 2 is 1.95 bits per heavy atom. The van der Waals surface area contributed by atoms with Crippen LogP contribution in [0.5, 0.6) is 0 Å². The van der Waals surface area contributed by atoms with Crippen LogP contribution in [0.1, 0.15) is 34.6 Å². The van der Waals surface area contributed by atoms with Crippen molar-refractivity contribution in [2.75, 3.05) is 13.1 Å². The number of ketones is 1. The Bertz CT molecular complexity index is 413. The highest BCUT2D eigenvalue weighted by atomic mass is 16.6. The molecule has 1 saturated heterocycles. The number of rotatable bonds is 1. The molecule has 5 nitrogen and oxygen atoms in total. The van der Waals surface area contributed by atoms with Crippen LogP contribution in [0.15, 0.2) is 0 Å². The molecule has 0 aromatic rings. The molecule has 0 saturated carbocycles. The minimum absolute atomic E-state index is 0.187. The van der Waals surface area contributed by atoms with Gasteiger partial charge in [0, 0.05) is 0 Å². The number of Topliss-reactive ketones (excluding diaryl/α,β-unsaturated/α-hetero) is 1. The van der Waals surface area contributed by atoms with Gasteiger partial charge in [-0.2, -0.15) is 0 Å². The number of ether oxygens (including phenoxy) is 2. The molecule has 0 bridgehead atoms. The standard InChI is InChI=1S/C14H21NO4/c1-6-7-11(16)12-9-15(8-10(2)18-12)13(17)19-14(3,4)5/h10,12H,8-9H2,1-5H3/t10-,12+/m0/s1. The number of amides is 1. The van der Waals surface area contributed by atoms with Crippen LogP contribution in [0.2, 0.25) is 0 Å². The lowest BCUT2D eigenvalue weighted by Gasteiger charge is -2.36. The predicted molar refractivity (Wildman–Crippen MR) is 70.6 cm³/mol. The first-order chi connectivity index (χ1) is 8.73. The smallest absolute Gasteiger partial charge is 0.410 e. The highest BCUT2D eigenvalue weighted by Gasteiger charge is 2.34. The molecule has 0 unspecified atom stereocenters. The quantitative estimate of drug-likeness (QED) is 0.535. The molecule has 1 aliphatic heterocycles. The van der Waals surface area contributed by atoms with Crippen LogP contribution in [0.3, 0.4) is 0 Å². The maximum atomic E-state index is 12.0. The number of hydrogen-bond acceptors (Lipinski definition) is 4. The zero-order valence-electron chi connectivity index (χ0n) is 12.1. The molecular weight excluding hydrogens is 246 g/mol. The van der Waals surface area contributed by atoms with Gasteiger partial charge in [0.25, 0.3) is 0 Å². The molecule has 0 aromatic heterocycles. The van der Waals surface area contributed by atoms with E-state index in [0.717, 1.165) is 0 Å². The zero-order chi connectivity index (χ0) is 14.6. The van der Waals surface area contributed by atoms with Crippen LogP contribution < -0.4 is 0 Å². The summed E-state index contributed by atoms with van der Waals surface area (Å²) in [6.07, 6.45) is -1.33. The van der Waals surface area contributed by atoms with Crippen LogP contribution in [0, 0.1) is 11.8 Å². The van der Waals surface area contributed by atoms with E-state index in [9.17, 15) is 9.59 Å². The molecule has 5 heteroatoms. The van der Waals surface area contributed by atoms with Crippen LogP contribution in [-0.4, -0.2) is 47.7 Å². The van der Waals surface area contributed by atoms with E-state index in [4.69, 9.17) is 9.47 Å². The molecule has 1 amide bonds. The fourth-order valence-corrected chi connectivity index (χ4v) is 1.78. The minimum Gasteiger partial charge on any atom is -0.444 e. The lowest BCUT2D eigenvalue weighted by atomic mass is 10.1. The summed E-state index contributed by atoms with van der Waals surface area (Å²) in [6, 6.07) is 0. The third kappa shape index (κ3) is 4.92. The maximum Gasteiger partial charge on any atom is 0.410 e. The van der Waals surface area contributed by atoms with Crippen LogP contribution >= 0.6 is 0 Å². The Hall–Kier alpha value is -1.54. The van der Waals surface area contributed by atoms with Crippen molar-refractivity contribution in [2.45, 2.75) is 52.4 Å². The van der Waals surface area contributed by atoms with Gasteiger partial charge in [-0.1, -0.05) is 5.92 Å². The van der Waals surface area contributed by atoms with E-state index in [0.29, 0.717) is 6.54 Å². The van der Waals surface area contributed by atoms with Gasteiger partial charge in [0.1, 0.15) is 11.7 Å². The van der Waals surface area contributed by atoms with Gasteiger partial charge in [0.2, 0.25) is 5.78 Å². The largest absolute Gasteiger partial charge is 0.444 e. The van der Waals surface area contributed by atoms with Gasteiger partial charge in [0.15, 0.2) is 0 Å². The van der Waals surface area contributed by atoms with Gasteiger partial charge < -0.3 is 14.4 Å². The van der Waals surface area contributed by atoms with E-state index in [-0.39, 0.29) is 18.4 Å². The van der Waals surface area contributed by atoms with Gasteiger partial charge in [-0.05, 0) is 40.5 Å². The van der Waals surface area contributed by atoms with E-state index in [1.807, 2.05) is 6.92 Å². The molecule has 1 rings (SSSR count). The Kier molecular flexibility index (Phi) is 4.96. The van der Waals surface area contributed by atoms with Crippen molar-refractivity contribution in [3.63, 3.8) is 0 Å². The highest BCUT2D eigenvalue weighted by Crippen LogP contribution is 2.16. The van der Waals surface area contributed by atoms with E-state index < -0.39 is 17.8 Å². The van der Waals surface area contributed by atoms with E-state index >= 15 is 0 Å². The zero-order valence-corrected chi connectivity index (χ0v) is 12.1. The summed E-state index contributed by atoms with van der Waals surface area (Å²) >= 11 is 0. The molecule has 0 N–H and O–H groups in total. The summed E-state index contributed by atoms with van der Waals surface area (Å²) in [7, 11) is 0. The second-order valence-electron chi connectivity index (χ2n) is 5.56. The molecular formula is C14H21NO4. The van der Waals surface area contributed by atoms with Crippen molar-refractivity contribution >= 4 is 11.9 Å². The van der Waals surface area contributed by atoms with Gasteiger partial charge in [0.05, 0.1) is 19.2 Å². The van der Waals surface area contributed by atoms with E-state index in [2.05, 4.69) is 11.8 Å². The molecule has 2 atom stereocenters. The minimum atomic E-state index is -0.691. The maximum absolute atomic E-state index is 12.0. The topological polar surface area (TPSA) is 55.8 Å². The fraction of sp³-hybridized carbons (Fsp3) is 0.714. The molecule has 0 spiro atoms. The van der Waals surface area contributed by atoms with Crippen LogP contribution in [-0.2, 0) is 14.3 Å². The molecule has 106 valence electrons. The number of carbonyl (C=O) groups is 2. The monoisotopic (exact) mass is 267 g/mol. The van der Waals surface area contributed by atoms with Gasteiger partial charge in [-0.25, -0.2) is 4.79 Å². The summed E-state index contributed by atoms with van der Waals surface area (Å²) in [5.74, 6) is 4.70. The molecule has 0 aliphatic carbocycles. The first-order valence-corrected chi connectivity index (χ1v) is 6.33. The van der Waals surface area contributed by atoms with Gasteiger partial charge in [-0.3, -0.25) is 4.79 Å². The number of carbonyl (C=O) groups excluding carboxylic acids is 2. The normalized spacial score (nSPS) is 23.3. The van der Waals surface area contributed by atoms with Gasteiger partial charge >= 0.3 is 6.09 Å². The van der Waals surface area contributed by atoms with Gasteiger partial charge in [-0.15, -0.1) is 0 Å². The molecule has 1 heterocycles. The number of morpholine rings is 1. The van der Waals surface area contributed by atoms with Crippen molar-refractivity contribution in [3.05, 3.63) is 0 Å². The van der Waals surface area contributed by atoms with Crippen molar-refractivity contribution < 1.29 is 19.1 Å². The Morgan fingerprint density at radius 3 is 2.47 bits per heavy atom. The number of nitrogens with zero attached hydrogens (tertiary/aromatic N) is 1. The molecule has 1 aliphatic rings. The average Bonchev–Trinajstić information content (AvgIpc) is 2.26. The summed E-state index contributed by atoms with van der Waals surface area (Å²) in [6.45, 7) is 9.43. The molecule has 0 aromatic carbocycles. The SMILES string of the molecule is CC#CC(=O)[C@H]1CN(C(=O)OC(C)(C)C)C[C@H](C)O1. The highest BCUT2D eigenvalue weighted by molar-refractivity contribution is 5.99.